The van der Waals surface area contributed by atoms with Gasteiger partial charge in [-0.1, -0.05) is 24.3 Å². The number of nitrogens with one attached hydrogen (secondary N) is 1. The van der Waals surface area contributed by atoms with Crippen molar-refractivity contribution >= 4 is 5.97 Å². The minimum absolute atomic E-state index is 0.0178. The van der Waals surface area contributed by atoms with E-state index >= 15 is 0 Å². The van der Waals surface area contributed by atoms with Crippen molar-refractivity contribution in [3.05, 3.63) is 59.7 Å². The Bertz CT molecular complexity index is 1150. The van der Waals surface area contributed by atoms with Crippen LogP contribution in [0.3, 0.4) is 0 Å². The molecule has 2 unspecified atom stereocenters. The standard InChI is InChI=1S/C24H31NO9/c1-13(25-12-18(27)15-6-8-16(26)9-7-15)2-3-14-4-10-17(11-5-14)33-24-21(30)19(28)20(29)22(34-24)23(31)32/h4-11,13,18-22,24-30H,2-3,12H2,1H3,(H,31,32)/t13?,18?,19-,20-,21+,22-,24+/m0/s1/i1D3,2D2,13D. The molecular formula is C24H31NO9. The SMILES string of the molecule is [2H]C([2H])([2H])C([2H])(NCC(O)c1ccc(O)cc1)C([2H])([2H])Cc1ccc(O[C@@H]2O[C@H](C(=O)O)[C@@H](O)[C@H](O)[C@H]2O)cc1. The van der Waals surface area contributed by atoms with Crippen LogP contribution in [-0.4, -0.2) is 79.9 Å². The Morgan fingerprint density at radius 3 is 2.44 bits per heavy atom. The Morgan fingerprint density at radius 2 is 1.82 bits per heavy atom. The molecule has 10 heteroatoms. The molecule has 7 N–H and O–H groups in total. The van der Waals surface area contributed by atoms with Crippen LogP contribution in [0, 0.1) is 0 Å². The Morgan fingerprint density at radius 1 is 1.15 bits per heavy atom. The fraction of sp³-hybridized carbons (Fsp3) is 0.458. The van der Waals surface area contributed by atoms with Gasteiger partial charge in [0.15, 0.2) is 6.10 Å². The van der Waals surface area contributed by atoms with Crippen LogP contribution in [0.1, 0.15) is 38.7 Å². The van der Waals surface area contributed by atoms with Crippen LogP contribution >= 0.6 is 0 Å². The largest absolute Gasteiger partial charge is 0.508 e. The van der Waals surface area contributed by atoms with Gasteiger partial charge in [0.1, 0.15) is 29.8 Å². The first-order valence-corrected chi connectivity index (χ1v) is 10.4. The number of benzene rings is 2. The van der Waals surface area contributed by atoms with Crippen molar-refractivity contribution in [2.75, 3.05) is 6.54 Å². The summed E-state index contributed by atoms with van der Waals surface area (Å²) in [6.45, 7) is -3.63. The first-order chi connectivity index (χ1) is 18.5. The van der Waals surface area contributed by atoms with Crippen LogP contribution in [0.2, 0.25) is 0 Å². The van der Waals surface area contributed by atoms with Crippen LogP contribution in [0.25, 0.3) is 0 Å². The molecule has 0 bridgehead atoms. The molecule has 0 amide bonds. The average molecular weight is 484 g/mol. The molecule has 2 aromatic carbocycles. The maximum atomic E-state index is 11.3. The first-order valence-electron chi connectivity index (χ1n) is 13.4. The summed E-state index contributed by atoms with van der Waals surface area (Å²) in [7, 11) is 0. The monoisotopic (exact) mass is 483 g/mol. The van der Waals surface area contributed by atoms with Gasteiger partial charge in [-0.15, -0.1) is 0 Å². The Balaban J connectivity index is 1.72. The van der Waals surface area contributed by atoms with E-state index < -0.39 is 75.0 Å². The summed E-state index contributed by atoms with van der Waals surface area (Å²) in [6, 6.07) is 7.91. The van der Waals surface area contributed by atoms with Gasteiger partial charge in [0, 0.05) is 20.8 Å². The maximum Gasteiger partial charge on any atom is 0.335 e. The highest BCUT2D eigenvalue weighted by molar-refractivity contribution is 5.73. The molecule has 0 aromatic heterocycles. The number of hydrogen-bond donors (Lipinski definition) is 7. The molecular weight excluding hydrogens is 446 g/mol. The lowest BCUT2D eigenvalue weighted by atomic mass is 9.99. The number of aromatic hydroxyl groups is 1. The molecule has 0 radical (unpaired) electrons. The number of phenols is 1. The van der Waals surface area contributed by atoms with Crippen molar-refractivity contribution in [1.29, 1.82) is 0 Å². The Labute approximate surface area is 205 Å². The fourth-order valence-electron chi connectivity index (χ4n) is 3.24. The van der Waals surface area contributed by atoms with Gasteiger partial charge in [-0.2, -0.15) is 0 Å². The van der Waals surface area contributed by atoms with Crippen molar-refractivity contribution in [2.45, 2.75) is 62.5 Å². The predicted octanol–water partition coefficient (Wildman–Crippen LogP) is 0.307. The van der Waals surface area contributed by atoms with Crippen LogP contribution in [0.15, 0.2) is 48.5 Å². The van der Waals surface area contributed by atoms with E-state index in [0.29, 0.717) is 5.56 Å². The Hall–Kier alpha value is -2.73. The molecule has 0 saturated carbocycles. The molecule has 1 saturated heterocycles. The van der Waals surface area contributed by atoms with Gasteiger partial charge in [0.25, 0.3) is 0 Å². The maximum absolute atomic E-state index is 11.3. The van der Waals surface area contributed by atoms with Gasteiger partial charge < -0.3 is 45.4 Å². The van der Waals surface area contributed by atoms with Gasteiger partial charge in [0.05, 0.1) is 6.10 Å². The van der Waals surface area contributed by atoms with Crippen molar-refractivity contribution in [3.63, 3.8) is 0 Å². The quantitative estimate of drug-likeness (QED) is 0.250. The predicted molar refractivity (Wildman–Crippen MR) is 120 cm³/mol. The summed E-state index contributed by atoms with van der Waals surface area (Å²) in [5.41, 5.74) is 0.571. The summed E-state index contributed by atoms with van der Waals surface area (Å²) in [5, 5.41) is 61.1. The van der Waals surface area contributed by atoms with Gasteiger partial charge in [0.2, 0.25) is 6.29 Å². The topological polar surface area (TPSA) is 169 Å². The molecule has 1 aliphatic rings. The van der Waals surface area contributed by atoms with E-state index in [0.717, 1.165) is 0 Å². The van der Waals surface area contributed by atoms with Gasteiger partial charge in [-0.05, 0) is 55.0 Å². The zero-order chi connectivity index (χ0) is 30.0. The van der Waals surface area contributed by atoms with E-state index in [1.807, 2.05) is 0 Å². The first kappa shape index (κ1) is 18.6. The summed E-state index contributed by atoms with van der Waals surface area (Å²) in [5.74, 6) is -1.61. The third kappa shape index (κ3) is 6.66. The van der Waals surface area contributed by atoms with E-state index in [-0.39, 0.29) is 17.1 Å². The number of ether oxygens (including phenoxy) is 2. The number of aliphatic hydroxyl groups is 4. The van der Waals surface area contributed by atoms with Crippen LogP contribution in [-0.2, 0) is 16.0 Å². The number of aliphatic hydroxyl groups excluding tert-OH is 4. The van der Waals surface area contributed by atoms with Crippen LogP contribution in [0.5, 0.6) is 11.5 Å². The van der Waals surface area contributed by atoms with Crippen molar-refractivity contribution in [1.82, 2.24) is 5.32 Å². The molecule has 10 nitrogen and oxygen atoms in total. The molecule has 1 heterocycles. The highest BCUT2D eigenvalue weighted by Gasteiger charge is 2.48. The summed E-state index contributed by atoms with van der Waals surface area (Å²) in [4.78, 5) is 11.3. The summed E-state index contributed by atoms with van der Waals surface area (Å²) in [6.07, 6.45) is -13.6. The van der Waals surface area contributed by atoms with Gasteiger partial charge in [-0.25, -0.2) is 4.79 Å². The molecule has 0 spiro atoms. The lowest BCUT2D eigenvalue weighted by molar-refractivity contribution is -0.271. The number of carbonyl (C=O) groups is 1. The third-order valence-electron chi connectivity index (χ3n) is 5.21. The summed E-state index contributed by atoms with van der Waals surface area (Å²) < 4.78 is 59.6. The number of aryl methyl sites for hydroxylation is 1. The van der Waals surface area contributed by atoms with Crippen molar-refractivity contribution in [3.8, 4) is 11.5 Å². The van der Waals surface area contributed by atoms with E-state index in [1.54, 1.807) is 0 Å². The van der Waals surface area contributed by atoms with E-state index in [4.69, 9.17) is 22.8 Å². The second-order valence-electron chi connectivity index (χ2n) is 7.71. The number of hydrogen-bond acceptors (Lipinski definition) is 9. The molecule has 0 aliphatic carbocycles. The van der Waals surface area contributed by atoms with Crippen LogP contribution in [0.4, 0.5) is 0 Å². The van der Waals surface area contributed by atoms with E-state index in [1.165, 1.54) is 48.5 Å². The normalized spacial score (nSPS) is 30.9. The number of aliphatic carboxylic acids is 1. The average Bonchev–Trinajstić information content (AvgIpc) is 2.87. The minimum atomic E-state index is -3.16. The number of rotatable bonds is 10. The zero-order valence-electron chi connectivity index (χ0n) is 23.9. The molecule has 2 aromatic rings. The highest BCUT2D eigenvalue weighted by Crippen LogP contribution is 2.25. The number of phenolic OH excluding ortho intramolecular Hbond substituents is 1. The molecule has 186 valence electrons. The molecule has 34 heavy (non-hydrogen) atoms. The Kier molecular flexibility index (Phi) is 6.34. The van der Waals surface area contributed by atoms with E-state index in [2.05, 4.69) is 5.32 Å². The number of carboxylic acid groups (broad SMARTS) is 1. The third-order valence-corrected chi connectivity index (χ3v) is 5.21. The lowest BCUT2D eigenvalue weighted by Crippen LogP contribution is -2.61. The number of carboxylic acids is 1. The second kappa shape index (κ2) is 11.6. The molecule has 3 rings (SSSR count). The second-order valence-corrected chi connectivity index (χ2v) is 7.71. The minimum Gasteiger partial charge on any atom is -0.508 e. The van der Waals surface area contributed by atoms with Crippen molar-refractivity contribution in [2.24, 2.45) is 0 Å². The lowest BCUT2D eigenvalue weighted by Gasteiger charge is -2.38. The van der Waals surface area contributed by atoms with Crippen molar-refractivity contribution < 1.29 is 53.1 Å². The zero-order valence-corrected chi connectivity index (χ0v) is 17.9. The summed E-state index contributed by atoms with van der Waals surface area (Å²) >= 11 is 0. The molecule has 7 atom stereocenters. The fourth-order valence-corrected chi connectivity index (χ4v) is 3.24. The smallest absolute Gasteiger partial charge is 0.335 e. The highest BCUT2D eigenvalue weighted by atomic mass is 16.7. The molecule has 1 fully saturated rings. The van der Waals surface area contributed by atoms with Gasteiger partial charge in [-0.3, -0.25) is 0 Å². The van der Waals surface area contributed by atoms with Gasteiger partial charge >= 0.3 is 5.97 Å². The van der Waals surface area contributed by atoms with Crippen LogP contribution < -0.4 is 10.1 Å². The molecule has 1 aliphatic heterocycles. The van der Waals surface area contributed by atoms with E-state index in [9.17, 15) is 30.3 Å².